The van der Waals surface area contributed by atoms with E-state index in [0.717, 1.165) is 6.42 Å². The van der Waals surface area contributed by atoms with Gasteiger partial charge >= 0.3 is 11.9 Å². The van der Waals surface area contributed by atoms with Crippen LogP contribution in [-0.4, -0.2) is 62.4 Å². The SMILES string of the molecule is COC(=O)c1c(OC)cccc1C(=O)O[C@@H]1CCCNC[C@H]1NC(=O)c1ccc(O)cc1. The number of hydrogen-bond acceptors (Lipinski definition) is 8. The predicted octanol–water partition coefficient (Wildman–Crippen LogP) is 1.89. The number of carbonyl (C=O) groups is 3. The molecule has 0 bridgehead atoms. The monoisotopic (exact) mass is 442 g/mol. The lowest BCUT2D eigenvalue weighted by molar-refractivity contribution is 0.0187. The molecule has 170 valence electrons. The zero-order valence-electron chi connectivity index (χ0n) is 17.9. The molecule has 1 aliphatic rings. The fraction of sp³-hybridized carbons (Fsp3) is 0.348. The first-order chi connectivity index (χ1) is 15.4. The lowest BCUT2D eigenvalue weighted by Gasteiger charge is -2.26. The van der Waals surface area contributed by atoms with Gasteiger partial charge in [0.2, 0.25) is 0 Å². The molecule has 3 rings (SSSR count). The summed E-state index contributed by atoms with van der Waals surface area (Å²) in [7, 11) is 2.61. The second-order valence-electron chi connectivity index (χ2n) is 7.29. The Bertz CT molecular complexity index is 975. The van der Waals surface area contributed by atoms with Gasteiger partial charge in [-0.3, -0.25) is 4.79 Å². The highest BCUT2D eigenvalue weighted by Crippen LogP contribution is 2.25. The summed E-state index contributed by atoms with van der Waals surface area (Å²) in [6.45, 7) is 1.12. The Balaban J connectivity index is 1.80. The molecule has 9 heteroatoms. The van der Waals surface area contributed by atoms with Crippen molar-refractivity contribution in [1.82, 2.24) is 10.6 Å². The minimum Gasteiger partial charge on any atom is -0.508 e. The van der Waals surface area contributed by atoms with Crippen LogP contribution in [0.2, 0.25) is 0 Å². The number of nitrogens with one attached hydrogen (secondary N) is 2. The summed E-state index contributed by atoms with van der Waals surface area (Å²) in [5.41, 5.74) is 0.383. The van der Waals surface area contributed by atoms with Gasteiger partial charge in [0.05, 0.1) is 25.8 Å². The fourth-order valence-corrected chi connectivity index (χ4v) is 3.55. The lowest BCUT2D eigenvalue weighted by atomic mass is 10.0. The van der Waals surface area contributed by atoms with Crippen molar-refractivity contribution in [2.75, 3.05) is 27.3 Å². The topological polar surface area (TPSA) is 123 Å². The fourth-order valence-electron chi connectivity index (χ4n) is 3.55. The molecule has 1 heterocycles. The van der Waals surface area contributed by atoms with E-state index in [-0.39, 0.29) is 28.5 Å². The van der Waals surface area contributed by atoms with Crippen molar-refractivity contribution in [2.45, 2.75) is 25.0 Å². The smallest absolute Gasteiger partial charge is 0.342 e. The molecule has 0 spiro atoms. The average Bonchev–Trinajstić information content (AvgIpc) is 3.03. The normalized spacial score (nSPS) is 18.2. The summed E-state index contributed by atoms with van der Waals surface area (Å²) in [4.78, 5) is 38.0. The third-order valence-corrected chi connectivity index (χ3v) is 5.22. The van der Waals surface area contributed by atoms with E-state index < -0.39 is 24.1 Å². The first-order valence-electron chi connectivity index (χ1n) is 10.2. The molecule has 1 aliphatic heterocycles. The third kappa shape index (κ3) is 5.36. The molecule has 1 saturated heterocycles. The molecule has 0 radical (unpaired) electrons. The third-order valence-electron chi connectivity index (χ3n) is 5.22. The molecule has 3 N–H and O–H groups in total. The molecule has 0 aliphatic carbocycles. The molecule has 0 saturated carbocycles. The van der Waals surface area contributed by atoms with Gasteiger partial charge in [0, 0.05) is 12.1 Å². The maximum Gasteiger partial charge on any atom is 0.342 e. The average molecular weight is 442 g/mol. The highest BCUT2D eigenvalue weighted by Gasteiger charge is 2.31. The number of methoxy groups -OCH3 is 2. The summed E-state index contributed by atoms with van der Waals surface area (Å²) >= 11 is 0. The van der Waals surface area contributed by atoms with Crippen LogP contribution >= 0.6 is 0 Å². The molecule has 9 nitrogen and oxygen atoms in total. The molecule has 2 atom stereocenters. The van der Waals surface area contributed by atoms with Gasteiger partial charge in [0.15, 0.2) is 0 Å². The van der Waals surface area contributed by atoms with E-state index in [1.807, 2.05) is 0 Å². The minimum absolute atomic E-state index is 0.0149. The van der Waals surface area contributed by atoms with Crippen LogP contribution in [0.4, 0.5) is 0 Å². The predicted molar refractivity (Wildman–Crippen MR) is 115 cm³/mol. The molecular formula is C23H26N2O7. The number of rotatable bonds is 6. The van der Waals surface area contributed by atoms with E-state index in [2.05, 4.69) is 10.6 Å². The Labute approximate surface area is 185 Å². The quantitative estimate of drug-likeness (QED) is 0.580. The summed E-state index contributed by atoms with van der Waals surface area (Å²) in [5, 5.41) is 15.5. The Morgan fingerprint density at radius 3 is 2.50 bits per heavy atom. The highest BCUT2D eigenvalue weighted by atomic mass is 16.5. The number of aromatic hydroxyl groups is 1. The van der Waals surface area contributed by atoms with Crippen LogP contribution in [0.15, 0.2) is 42.5 Å². The van der Waals surface area contributed by atoms with Crippen molar-refractivity contribution >= 4 is 17.8 Å². The van der Waals surface area contributed by atoms with Crippen LogP contribution in [0.1, 0.15) is 43.9 Å². The minimum atomic E-state index is -0.714. The summed E-state index contributed by atoms with van der Waals surface area (Å²) in [5.74, 6) is -1.51. The van der Waals surface area contributed by atoms with E-state index in [4.69, 9.17) is 14.2 Å². The Hall–Kier alpha value is -3.59. The zero-order chi connectivity index (χ0) is 23.1. The van der Waals surface area contributed by atoms with Gasteiger partial charge in [0.25, 0.3) is 5.91 Å². The summed E-state index contributed by atoms with van der Waals surface area (Å²) in [6, 6.07) is 9.98. The van der Waals surface area contributed by atoms with Crippen molar-refractivity contribution in [2.24, 2.45) is 0 Å². The van der Waals surface area contributed by atoms with Crippen LogP contribution in [0.25, 0.3) is 0 Å². The van der Waals surface area contributed by atoms with Crippen molar-refractivity contribution in [3.8, 4) is 11.5 Å². The van der Waals surface area contributed by atoms with E-state index in [0.29, 0.717) is 25.1 Å². The van der Waals surface area contributed by atoms with Gasteiger partial charge in [-0.05, 0) is 55.8 Å². The Kier molecular flexibility index (Phi) is 7.67. The number of carbonyl (C=O) groups excluding carboxylic acids is 3. The molecule has 0 unspecified atom stereocenters. The maximum atomic E-state index is 13.0. The molecule has 2 aromatic carbocycles. The second-order valence-corrected chi connectivity index (χ2v) is 7.29. The van der Waals surface area contributed by atoms with E-state index >= 15 is 0 Å². The molecular weight excluding hydrogens is 416 g/mol. The van der Waals surface area contributed by atoms with Crippen molar-refractivity contribution in [1.29, 1.82) is 0 Å². The van der Waals surface area contributed by atoms with Gasteiger partial charge < -0.3 is 30.0 Å². The molecule has 0 aromatic heterocycles. The van der Waals surface area contributed by atoms with Crippen LogP contribution in [0, 0.1) is 0 Å². The van der Waals surface area contributed by atoms with Crippen LogP contribution < -0.4 is 15.4 Å². The van der Waals surface area contributed by atoms with Crippen molar-refractivity contribution < 1.29 is 33.7 Å². The van der Waals surface area contributed by atoms with Gasteiger partial charge in [-0.1, -0.05) is 6.07 Å². The van der Waals surface area contributed by atoms with Crippen LogP contribution in [0.5, 0.6) is 11.5 Å². The zero-order valence-corrected chi connectivity index (χ0v) is 17.9. The first-order valence-corrected chi connectivity index (χ1v) is 10.2. The molecule has 32 heavy (non-hydrogen) atoms. The van der Waals surface area contributed by atoms with E-state index in [1.165, 1.54) is 44.6 Å². The molecule has 2 aromatic rings. The number of benzene rings is 2. The standard InChI is InChI=1S/C23H26N2O7/c1-30-19-6-3-5-16(20(19)23(29)31-2)22(28)32-18-7-4-12-24-13-17(18)25-21(27)14-8-10-15(26)11-9-14/h3,5-6,8-11,17-18,24,26H,4,7,12-13H2,1-2H3,(H,25,27)/t17-,18-/m1/s1. The van der Waals surface area contributed by atoms with Gasteiger partial charge in [0.1, 0.15) is 23.2 Å². The number of phenolic OH excluding ortho intramolecular Hbond substituents is 1. The van der Waals surface area contributed by atoms with Crippen LogP contribution in [0.3, 0.4) is 0 Å². The number of ether oxygens (including phenoxy) is 3. The summed E-state index contributed by atoms with van der Waals surface area (Å²) in [6.07, 6.45) is 0.651. The maximum absolute atomic E-state index is 13.0. The Morgan fingerprint density at radius 2 is 1.81 bits per heavy atom. The Morgan fingerprint density at radius 1 is 1.06 bits per heavy atom. The largest absolute Gasteiger partial charge is 0.508 e. The molecule has 1 fully saturated rings. The van der Waals surface area contributed by atoms with Gasteiger partial charge in [-0.2, -0.15) is 0 Å². The van der Waals surface area contributed by atoms with E-state index in [9.17, 15) is 19.5 Å². The van der Waals surface area contributed by atoms with Crippen LogP contribution in [-0.2, 0) is 9.47 Å². The first kappa shape index (κ1) is 23.1. The van der Waals surface area contributed by atoms with E-state index in [1.54, 1.807) is 12.1 Å². The molecule has 1 amide bonds. The van der Waals surface area contributed by atoms with Crippen molar-refractivity contribution in [3.63, 3.8) is 0 Å². The number of amides is 1. The number of esters is 2. The second kappa shape index (κ2) is 10.6. The van der Waals surface area contributed by atoms with Crippen molar-refractivity contribution in [3.05, 3.63) is 59.2 Å². The number of phenols is 1. The van der Waals surface area contributed by atoms with Gasteiger partial charge in [-0.15, -0.1) is 0 Å². The van der Waals surface area contributed by atoms with Gasteiger partial charge in [-0.25, -0.2) is 9.59 Å². The lowest BCUT2D eigenvalue weighted by Crippen LogP contribution is -2.49. The number of hydrogen-bond donors (Lipinski definition) is 3. The highest BCUT2D eigenvalue weighted by molar-refractivity contribution is 6.05. The summed E-state index contributed by atoms with van der Waals surface area (Å²) < 4.78 is 15.8.